The fourth-order valence-corrected chi connectivity index (χ4v) is 4.07. The van der Waals surface area contributed by atoms with Crippen LogP contribution in [0.5, 0.6) is 0 Å². The van der Waals surface area contributed by atoms with Gasteiger partial charge in [-0.3, -0.25) is 4.98 Å². The molecule has 0 saturated carbocycles. The van der Waals surface area contributed by atoms with Gasteiger partial charge in [0, 0.05) is 28.9 Å². The molecule has 2 heterocycles. The van der Waals surface area contributed by atoms with E-state index < -0.39 is 0 Å². The Morgan fingerprint density at radius 1 is 0.879 bits per heavy atom. The minimum Gasteiger partial charge on any atom is -0.380 e. The Hall–Kier alpha value is -4.06. The molecule has 5 aromatic rings. The molecule has 2 N–H and O–H groups in total. The lowest BCUT2D eigenvalue weighted by molar-refractivity contribution is 0.780. The monoisotopic (exact) mass is 434 g/mol. The van der Waals surface area contributed by atoms with Crippen molar-refractivity contribution >= 4 is 16.6 Å². The number of fused-ring (bicyclic) bond motifs is 1. The number of pyridine rings is 1. The lowest BCUT2D eigenvalue weighted by Crippen LogP contribution is -2.02. The Bertz CT molecular complexity index is 1340. The third kappa shape index (κ3) is 4.60. The van der Waals surface area contributed by atoms with E-state index in [1.807, 2.05) is 24.3 Å². The van der Waals surface area contributed by atoms with Gasteiger partial charge in [0.25, 0.3) is 0 Å². The topological polar surface area (TPSA) is 79.4 Å². The third-order valence-electron chi connectivity index (χ3n) is 5.82. The first kappa shape index (κ1) is 20.8. The molecule has 0 unspecified atom stereocenters. The standard InChI is InChI=1S/C27H26N6/c1-2-3-8-21-17-26(24-11-6-7-12-25(24)29-21)28-18-19-13-15-20(16-14-19)22-9-4-5-10-23(22)27-30-32-33-31-27/h4-7,9-17H,2-3,8,18H2,1H3,(H,28,29)(H,30,31,32,33). The van der Waals surface area contributed by atoms with Gasteiger partial charge in [0.1, 0.15) is 0 Å². The summed E-state index contributed by atoms with van der Waals surface area (Å²) in [6, 6.07) is 27.3. The quantitative estimate of drug-likeness (QED) is 0.311. The number of anilines is 1. The number of aromatic nitrogens is 5. The van der Waals surface area contributed by atoms with Gasteiger partial charge >= 0.3 is 0 Å². The second kappa shape index (κ2) is 9.61. The second-order valence-electron chi connectivity index (χ2n) is 8.11. The van der Waals surface area contributed by atoms with E-state index in [0.717, 1.165) is 58.4 Å². The van der Waals surface area contributed by atoms with Crippen LogP contribution in [0.1, 0.15) is 31.0 Å². The zero-order valence-electron chi connectivity index (χ0n) is 18.6. The summed E-state index contributed by atoms with van der Waals surface area (Å²) in [5, 5.41) is 19.3. The van der Waals surface area contributed by atoms with Crippen LogP contribution >= 0.6 is 0 Å². The molecule has 0 atom stereocenters. The lowest BCUT2D eigenvalue weighted by Gasteiger charge is -2.13. The van der Waals surface area contributed by atoms with Crippen LogP contribution < -0.4 is 5.32 Å². The van der Waals surface area contributed by atoms with Crippen LogP contribution in [0.4, 0.5) is 5.69 Å². The fraction of sp³-hybridized carbons (Fsp3) is 0.185. The number of unbranched alkanes of at least 4 members (excludes halogenated alkanes) is 1. The number of benzene rings is 3. The van der Waals surface area contributed by atoms with Crippen molar-refractivity contribution in [3.63, 3.8) is 0 Å². The van der Waals surface area contributed by atoms with Gasteiger partial charge < -0.3 is 5.32 Å². The number of hydrogen-bond acceptors (Lipinski definition) is 5. The summed E-state index contributed by atoms with van der Waals surface area (Å²) >= 11 is 0. The summed E-state index contributed by atoms with van der Waals surface area (Å²) < 4.78 is 0. The van der Waals surface area contributed by atoms with Crippen LogP contribution in [-0.2, 0) is 13.0 Å². The molecular formula is C27H26N6. The van der Waals surface area contributed by atoms with Crippen molar-refractivity contribution in [2.75, 3.05) is 5.32 Å². The van der Waals surface area contributed by atoms with Gasteiger partial charge in [-0.1, -0.05) is 80.1 Å². The van der Waals surface area contributed by atoms with Crippen LogP contribution in [0.2, 0.25) is 0 Å². The molecule has 0 aliphatic carbocycles. The summed E-state index contributed by atoms with van der Waals surface area (Å²) in [5.41, 5.74) is 7.70. The highest BCUT2D eigenvalue weighted by atomic mass is 15.5. The third-order valence-corrected chi connectivity index (χ3v) is 5.82. The predicted octanol–water partition coefficient (Wildman–Crippen LogP) is 6.04. The highest BCUT2D eigenvalue weighted by molar-refractivity contribution is 5.91. The van der Waals surface area contributed by atoms with Crippen LogP contribution in [0.25, 0.3) is 33.4 Å². The van der Waals surface area contributed by atoms with E-state index in [0.29, 0.717) is 5.82 Å². The minimum absolute atomic E-state index is 0.597. The first-order chi connectivity index (χ1) is 16.3. The SMILES string of the molecule is CCCCc1cc(NCc2ccc(-c3ccccc3-c3nn[nH]n3)cc2)c2ccccc2n1. The highest BCUT2D eigenvalue weighted by Crippen LogP contribution is 2.30. The molecule has 6 nitrogen and oxygen atoms in total. The van der Waals surface area contributed by atoms with Crippen LogP contribution in [0.3, 0.4) is 0 Å². The summed E-state index contributed by atoms with van der Waals surface area (Å²) in [4.78, 5) is 4.85. The Morgan fingerprint density at radius 2 is 1.67 bits per heavy atom. The largest absolute Gasteiger partial charge is 0.380 e. The second-order valence-corrected chi connectivity index (χ2v) is 8.11. The van der Waals surface area contributed by atoms with Crippen molar-refractivity contribution < 1.29 is 0 Å². The number of aromatic amines is 1. The molecule has 0 aliphatic rings. The number of para-hydroxylation sites is 1. The van der Waals surface area contributed by atoms with Gasteiger partial charge in [0.15, 0.2) is 0 Å². The smallest absolute Gasteiger partial charge is 0.205 e. The van der Waals surface area contributed by atoms with E-state index in [1.54, 1.807) is 0 Å². The van der Waals surface area contributed by atoms with E-state index >= 15 is 0 Å². The molecule has 6 heteroatoms. The molecule has 0 bridgehead atoms. The van der Waals surface area contributed by atoms with E-state index in [2.05, 4.69) is 87.5 Å². The van der Waals surface area contributed by atoms with Gasteiger partial charge in [0.05, 0.1) is 5.52 Å². The van der Waals surface area contributed by atoms with Gasteiger partial charge in [-0.2, -0.15) is 5.21 Å². The molecule has 164 valence electrons. The Balaban J connectivity index is 1.37. The summed E-state index contributed by atoms with van der Waals surface area (Å²) in [5.74, 6) is 0.597. The Kier molecular flexibility index (Phi) is 6.06. The van der Waals surface area contributed by atoms with Crippen molar-refractivity contribution in [3.05, 3.63) is 90.1 Å². The normalized spacial score (nSPS) is 11.1. The molecule has 5 rings (SSSR count). The fourth-order valence-electron chi connectivity index (χ4n) is 4.07. The maximum atomic E-state index is 4.85. The molecule has 33 heavy (non-hydrogen) atoms. The van der Waals surface area contributed by atoms with Crippen molar-refractivity contribution in [1.82, 2.24) is 25.6 Å². The molecule has 0 saturated heterocycles. The number of nitrogens with zero attached hydrogens (tertiary/aromatic N) is 4. The molecule has 0 fully saturated rings. The molecule has 0 amide bonds. The number of H-pyrrole nitrogens is 1. The molecule has 3 aromatic carbocycles. The average molecular weight is 435 g/mol. The highest BCUT2D eigenvalue weighted by Gasteiger charge is 2.11. The number of tetrazole rings is 1. The average Bonchev–Trinajstić information content (AvgIpc) is 3.41. The predicted molar refractivity (Wildman–Crippen MR) is 133 cm³/mol. The van der Waals surface area contributed by atoms with Crippen molar-refractivity contribution in [1.29, 1.82) is 0 Å². The maximum absolute atomic E-state index is 4.85. The van der Waals surface area contributed by atoms with Crippen molar-refractivity contribution in [2.24, 2.45) is 0 Å². The minimum atomic E-state index is 0.597. The lowest BCUT2D eigenvalue weighted by atomic mass is 9.98. The molecule has 0 spiro atoms. The summed E-state index contributed by atoms with van der Waals surface area (Å²) in [6.45, 7) is 2.96. The molecule has 0 radical (unpaired) electrons. The first-order valence-electron chi connectivity index (χ1n) is 11.4. The van der Waals surface area contributed by atoms with E-state index in [4.69, 9.17) is 4.98 Å². The van der Waals surface area contributed by atoms with Gasteiger partial charge in [-0.05, 0) is 46.9 Å². The summed E-state index contributed by atoms with van der Waals surface area (Å²) in [6.07, 6.45) is 3.32. The molecular weight excluding hydrogens is 408 g/mol. The Morgan fingerprint density at radius 3 is 2.45 bits per heavy atom. The van der Waals surface area contributed by atoms with E-state index in [1.165, 1.54) is 12.0 Å². The van der Waals surface area contributed by atoms with Gasteiger partial charge in [-0.25, -0.2) is 0 Å². The zero-order chi connectivity index (χ0) is 22.5. The van der Waals surface area contributed by atoms with Crippen molar-refractivity contribution in [2.45, 2.75) is 32.7 Å². The summed E-state index contributed by atoms with van der Waals surface area (Å²) in [7, 11) is 0. The van der Waals surface area contributed by atoms with Gasteiger partial charge in [-0.15, -0.1) is 10.2 Å². The van der Waals surface area contributed by atoms with Gasteiger partial charge in [0.2, 0.25) is 5.82 Å². The number of nitrogens with one attached hydrogen (secondary N) is 2. The first-order valence-corrected chi connectivity index (χ1v) is 11.4. The van der Waals surface area contributed by atoms with Crippen LogP contribution in [0, 0.1) is 0 Å². The van der Waals surface area contributed by atoms with Crippen molar-refractivity contribution in [3.8, 4) is 22.5 Å². The number of hydrogen-bond donors (Lipinski definition) is 2. The zero-order valence-corrected chi connectivity index (χ0v) is 18.6. The van der Waals surface area contributed by atoms with E-state index in [9.17, 15) is 0 Å². The Labute approximate surface area is 193 Å². The molecule has 2 aromatic heterocycles. The van der Waals surface area contributed by atoms with Crippen LogP contribution in [-0.4, -0.2) is 25.6 Å². The molecule has 0 aliphatic heterocycles. The number of aryl methyl sites for hydroxylation is 1. The maximum Gasteiger partial charge on any atom is 0.205 e. The van der Waals surface area contributed by atoms with Crippen LogP contribution in [0.15, 0.2) is 78.9 Å². The van der Waals surface area contributed by atoms with E-state index in [-0.39, 0.29) is 0 Å². The number of rotatable bonds is 8.